The van der Waals surface area contributed by atoms with E-state index in [-0.39, 0.29) is 42.3 Å². The lowest BCUT2D eigenvalue weighted by atomic mass is 9.85. The van der Waals surface area contributed by atoms with Crippen LogP contribution in [0.25, 0.3) is 0 Å². The number of piperazine rings is 1. The molecular weight excluding hydrogens is 406 g/mol. The van der Waals surface area contributed by atoms with Crippen LogP contribution < -0.4 is 0 Å². The molecule has 8 nitrogen and oxygen atoms in total. The highest BCUT2D eigenvalue weighted by atomic mass is 32.2. The van der Waals surface area contributed by atoms with Crippen molar-refractivity contribution in [1.29, 1.82) is 0 Å². The first-order chi connectivity index (χ1) is 14.2. The number of sulfonamides is 1. The highest BCUT2D eigenvalue weighted by Crippen LogP contribution is 2.46. The molecule has 0 radical (unpaired) electrons. The summed E-state index contributed by atoms with van der Waals surface area (Å²) in [5.41, 5.74) is -0.120. The average molecular weight is 434 g/mol. The smallest absolute Gasteiger partial charge is 0.243 e. The fraction of sp³-hybridized carbons (Fsp3) is 0.571. The van der Waals surface area contributed by atoms with E-state index in [4.69, 9.17) is 0 Å². The number of amides is 2. The van der Waals surface area contributed by atoms with Crippen molar-refractivity contribution in [2.75, 3.05) is 32.8 Å². The molecule has 2 heterocycles. The zero-order valence-corrected chi connectivity index (χ0v) is 18.0. The van der Waals surface area contributed by atoms with Crippen molar-refractivity contribution in [3.05, 3.63) is 29.8 Å². The van der Waals surface area contributed by atoms with Gasteiger partial charge in [0.15, 0.2) is 5.78 Å². The molecule has 0 N–H and O–H groups in total. The third-order valence-corrected chi connectivity index (χ3v) is 8.50. The van der Waals surface area contributed by atoms with Crippen LogP contribution in [0.1, 0.15) is 49.4 Å². The predicted molar refractivity (Wildman–Crippen MR) is 109 cm³/mol. The van der Waals surface area contributed by atoms with E-state index in [1.54, 1.807) is 12.1 Å². The van der Waals surface area contributed by atoms with Gasteiger partial charge in [-0.1, -0.05) is 25.0 Å². The number of Topliss-reactive ketones (excluding diaryl/α,β-unsaturated/α-hetero) is 1. The van der Waals surface area contributed by atoms with Gasteiger partial charge in [-0.2, -0.15) is 4.31 Å². The molecular formula is C21H27N3O5S. The van der Waals surface area contributed by atoms with Gasteiger partial charge in [-0.05, 0) is 31.9 Å². The molecule has 4 rings (SSSR count). The molecule has 9 heteroatoms. The number of ketones is 1. The molecule has 162 valence electrons. The minimum absolute atomic E-state index is 0.0545. The van der Waals surface area contributed by atoms with E-state index >= 15 is 0 Å². The van der Waals surface area contributed by atoms with Crippen LogP contribution in [0, 0.1) is 5.41 Å². The summed E-state index contributed by atoms with van der Waals surface area (Å²) >= 11 is 0. The monoisotopic (exact) mass is 433 g/mol. The molecule has 2 amide bonds. The lowest BCUT2D eigenvalue weighted by Crippen LogP contribution is -2.52. The van der Waals surface area contributed by atoms with Gasteiger partial charge in [-0.15, -0.1) is 0 Å². The number of nitrogens with zero attached hydrogens (tertiary/aromatic N) is 3. The Morgan fingerprint density at radius 2 is 1.73 bits per heavy atom. The van der Waals surface area contributed by atoms with Crippen molar-refractivity contribution in [1.82, 2.24) is 14.1 Å². The Labute approximate surface area is 176 Å². The fourth-order valence-corrected chi connectivity index (χ4v) is 6.25. The van der Waals surface area contributed by atoms with Gasteiger partial charge in [0.2, 0.25) is 21.8 Å². The van der Waals surface area contributed by atoms with Crippen LogP contribution in [0.2, 0.25) is 0 Å². The number of benzene rings is 1. The van der Waals surface area contributed by atoms with E-state index in [2.05, 4.69) is 0 Å². The Morgan fingerprint density at radius 3 is 2.37 bits per heavy atom. The van der Waals surface area contributed by atoms with Crippen molar-refractivity contribution in [2.45, 2.75) is 43.9 Å². The maximum absolute atomic E-state index is 13.0. The van der Waals surface area contributed by atoms with Gasteiger partial charge in [-0.25, -0.2) is 8.42 Å². The van der Waals surface area contributed by atoms with Crippen LogP contribution in [-0.4, -0.2) is 73.0 Å². The molecule has 0 bridgehead atoms. The fourth-order valence-electron chi connectivity index (χ4n) is 4.78. The largest absolute Gasteiger partial charge is 0.295 e. The Balaban J connectivity index is 1.39. The highest BCUT2D eigenvalue weighted by Gasteiger charge is 2.52. The number of imide groups is 1. The molecule has 3 fully saturated rings. The number of hydrogen-bond acceptors (Lipinski definition) is 6. The minimum atomic E-state index is -3.70. The quantitative estimate of drug-likeness (QED) is 0.516. The van der Waals surface area contributed by atoms with Gasteiger partial charge in [0.25, 0.3) is 0 Å². The molecule has 1 aliphatic carbocycles. The topological polar surface area (TPSA) is 95.1 Å². The van der Waals surface area contributed by atoms with E-state index in [0.29, 0.717) is 25.1 Å². The van der Waals surface area contributed by atoms with E-state index in [0.717, 1.165) is 25.7 Å². The van der Waals surface area contributed by atoms with Crippen LogP contribution in [0.5, 0.6) is 0 Å². The van der Waals surface area contributed by atoms with E-state index in [9.17, 15) is 22.8 Å². The number of rotatable bonds is 5. The standard InChI is InChI=1S/C21H27N3O5S/c1-16(25)17-5-4-6-18(13-17)30(28,29)23-11-9-22(10-12-23)15-24-19(26)14-21(20(24)27)7-2-3-8-21/h4-6,13H,2-3,7-12,14-15H2,1H3. The zero-order chi connectivity index (χ0) is 21.5. The maximum atomic E-state index is 13.0. The lowest BCUT2D eigenvalue weighted by Gasteiger charge is -2.35. The third-order valence-electron chi connectivity index (χ3n) is 6.60. The molecule has 0 atom stereocenters. The van der Waals surface area contributed by atoms with Crippen molar-refractivity contribution in [3.63, 3.8) is 0 Å². The number of carbonyl (C=O) groups is 3. The van der Waals surface area contributed by atoms with Gasteiger partial charge in [-0.3, -0.25) is 24.2 Å². The SMILES string of the molecule is CC(=O)c1cccc(S(=O)(=O)N2CCN(CN3C(=O)CC4(CCCC4)C3=O)CC2)c1. The summed E-state index contributed by atoms with van der Waals surface area (Å²) in [5.74, 6) is -0.351. The highest BCUT2D eigenvalue weighted by molar-refractivity contribution is 7.89. The Morgan fingerprint density at radius 1 is 1.07 bits per heavy atom. The molecule has 1 spiro atoms. The summed E-state index contributed by atoms with van der Waals surface area (Å²) in [6, 6.07) is 6.08. The first-order valence-corrected chi connectivity index (χ1v) is 11.9. The van der Waals surface area contributed by atoms with Gasteiger partial charge in [0.05, 0.1) is 17.0 Å². The summed E-state index contributed by atoms with van der Waals surface area (Å²) in [4.78, 5) is 40.3. The number of likely N-dealkylation sites (tertiary alicyclic amines) is 1. The Bertz CT molecular complexity index is 976. The second-order valence-corrected chi connectivity index (χ2v) is 10.5. The van der Waals surface area contributed by atoms with Crippen molar-refractivity contribution in [2.24, 2.45) is 5.41 Å². The van der Waals surface area contributed by atoms with Crippen LogP contribution >= 0.6 is 0 Å². The van der Waals surface area contributed by atoms with Crippen LogP contribution in [0.4, 0.5) is 0 Å². The van der Waals surface area contributed by atoms with Gasteiger partial charge in [0, 0.05) is 38.2 Å². The molecule has 1 aromatic rings. The summed E-state index contributed by atoms with van der Waals surface area (Å²) < 4.78 is 27.3. The van der Waals surface area contributed by atoms with Crippen LogP contribution in [0.3, 0.4) is 0 Å². The zero-order valence-electron chi connectivity index (χ0n) is 17.2. The lowest BCUT2D eigenvalue weighted by molar-refractivity contribution is -0.144. The average Bonchev–Trinajstić information content (AvgIpc) is 3.29. The second-order valence-electron chi connectivity index (χ2n) is 8.54. The molecule has 0 aromatic heterocycles. The normalized spacial score (nSPS) is 22.9. The summed E-state index contributed by atoms with van der Waals surface area (Å²) in [6.45, 7) is 3.06. The van der Waals surface area contributed by atoms with E-state index in [1.807, 2.05) is 4.90 Å². The molecule has 3 aliphatic rings. The van der Waals surface area contributed by atoms with Gasteiger partial charge < -0.3 is 0 Å². The van der Waals surface area contributed by atoms with Crippen molar-refractivity contribution in [3.8, 4) is 0 Å². The van der Waals surface area contributed by atoms with Gasteiger partial charge in [0.1, 0.15) is 0 Å². The molecule has 30 heavy (non-hydrogen) atoms. The van der Waals surface area contributed by atoms with Crippen LogP contribution in [-0.2, 0) is 19.6 Å². The minimum Gasteiger partial charge on any atom is -0.295 e. The Hall–Kier alpha value is -2.10. The maximum Gasteiger partial charge on any atom is 0.243 e. The third kappa shape index (κ3) is 3.70. The summed E-state index contributed by atoms with van der Waals surface area (Å²) in [7, 11) is -3.70. The number of hydrogen-bond donors (Lipinski definition) is 0. The second kappa shape index (κ2) is 7.86. The number of carbonyl (C=O) groups excluding carboxylic acids is 3. The predicted octanol–water partition coefficient (Wildman–Crippen LogP) is 1.47. The first kappa shape index (κ1) is 21.1. The Kier molecular flexibility index (Phi) is 5.54. The molecule has 0 unspecified atom stereocenters. The van der Waals surface area contributed by atoms with Crippen molar-refractivity contribution < 1.29 is 22.8 Å². The molecule has 2 aliphatic heterocycles. The van der Waals surface area contributed by atoms with Crippen molar-refractivity contribution >= 4 is 27.6 Å². The van der Waals surface area contributed by atoms with E-state index in [1.165, 1.54) is 28.3 Å². The van der Waals surface area contributed by atoms with Gasteiger partial charge >= 0.3 is 0 Å². The van der Waals surface area contributed by atoms with Crippen LogP contribution in [0.15, 0.2) is 29.2 Å². The molecule has 1 aromatic carbocycles. The molecule has 2 saturated heterocycles. The molecule has 1 saturated carbocycles. The summed E-state index contributed by atoms with van der Waals surface area (Å²) in [5, 5.41) is 0. The summed E-state index contributed by atoms with van der Waals surface area (Å²) in [6.07, 6.45) is 3.88. The first-order valence-electron chi connectivity index (χ1n) is 10.4. The van der Waals surface area contributed by atoms with E-state index < -0.39 is 15.4 Å².